The number of Topliss-reactive ketones (excluding diaryl/α,β-unsaturated/α-hetero) is 1. The summed E-state index contributed by atoms with van der Waals surface area (Å²) in [5.41, 5.74) is 3.60. The van der Waals surface area contributed by atoms with E-state index in [-0.39, 0.29) is 5.41 Å². The summed E-state index contributed by atoms with van der Waals surface area (Å²) in [7, 11) is 0. The molecule has 0 aliphatic heterocycles. The minimum Gasteiger partial charge on any atom is -0.294 e. The van der Waals surface area contributed by atoms with Crippen LogP contribution in [0, 0.1) is 11.3 Å². The van der Waals surface area contributed by atoms with Crippen LogP contribution < -0.4 is 0 Å². The highest BCUT2D eigenvalue weighted by Crippen LogP contribution is 2.66. The lowest BCUT2D eigenvalue weighted by Crippen LogP contribution is -2.08. The first kappa shape index (κ1) is 10.1. The van der Waals surface area contributed by atoms with Crippen molar-refractivity contribution in [1.29, 1.82) is 0 Å². The fourth-order valence-electron chi connectivity index (χ4n) is 3.08. The first-order valence-electron chi connectivity index (χ1n) is 6.20. The van der Waals surface area contributed by atoms with Crippen molar-refractivity contribution in [2.75, 3.05) is 0 Å². The molecule has 2 aliphatic rings. The Labute approximate surface area is 96.9 Å². The van der Waals surface area contributed by atoms with Gasteiger partial charge in [-0.1, -0.05) is 32.9 Å². The predicted octanol–water partition coefficient (Wildman–Crippen LogP) is 3.58. The lowest BCUT2D eigenvalue weighted by molar-refractivity contribution is 0.0921. The number of fused-ring (bicyclic) bond motifs is 3. The highest BCUT2D eigenvalue weighted by atomic mass is 16.1. The normalized spacial score (nSPS) is 30.5. The predicted molar refractivity (Wildman–Crippen MR) is 64.8 cm³/mol. The Hall–Kier alpha value is -1.11. The van der Waals surface area contributed by atoms with Crippen molar-refractivity contribution in [3.05, 3.63) is 34.9 Å². The Kier molecular flexibility index (Phi) is 1.87. The van der Waals surface area contributed by atoms with E-state index >= 15 is 0 Å². The van der Waals surface area contributed by atoms with Crippen molar-refractivity contribution in [2.24, 2.45) is 11.3 Å². The number of benzene rings is 1. The molecule has 0 aromatic heterocycles. The molecule has 2 atom stereocenters. The highest BCUT2D eigenvalue weighted by Gasteiger charge is 2.62. The molecule has 3 rings (SSSR count). The van der Waals surface area contributed by atoms with E-state index in [1.165, 1.54) is 11.1 Å². The molecule has 1 heteroatoms. The average molecular weight is 214 g/mol. The van der Waals surface area contributed by atoms with E-state index in [1.807, 2.05) is 0 Å². The molecule has 16 heavy (non-hydrogen) atoms. The van der Waals surface area contributed by atoms with Gasteiger partial charge in [0.05, 0.1) is 0 Å². The molecule has 1 fully saturated rings. The minimum atomic E-state index is -0.0290. The lowest BCUT2D eigenvalue weighted by Gasteiger charge is -2.08. The number of carbonyl (C=O) groups excluding carboxylic acids is 1. The first-order valence-corrected chi connectivity index (χ1v) is 6.20. The van der Waals surface area contributed by atoms with Crippen molar-refractivity contribution in [3.8, 4) is 0 Å². The SMILES string of the molecule is CC(C)Cc1ccc2c(c1)C(=O)C1(C)CC21. The van der Waals surface area contributed by atoms with Gasteiger partial charge >= 0.3 is 0 Å². The van der Waals surface area contributed by atoms with Gasteiger partial charge in [0.2, 0.25) is 0 Å². The smallest absolute Gasteiger partial charge is 0.169 e. The van der Waals surface area contributed by atoms with Crippen molar-refractivity contribution in [3.63, 3.8) is 0 Å². The first-order chi connectivity index (χ1) is 7.52. The Bertz CT molecular complexity index is 472. The van der Waals surface area contributed by atoms with Gasteiger partial charge in [-0.05, 0) is 41.9 Å². The van der Waals surface area contributed by atoms with E-state index in [9.17, 15) is 4.79 Å². The second kappa shape index (κ2) is 2.97. The van der Waals surface area contributed by atoms with Gasteiger partial charge in [0.15, 0.2) is 5.78 Å². The van der Waals surface area contributed by atoms with Crippen molar-refractivity contribution in [1.82, 2.24) is 0 Å². The van der Waals surface area contributed by atoms with Crippen LogP contribution in [0.3, 0.4) is 0 Å². The van der Waals surface area contributed by atoms with Crippen LogP contribution >= 0.6 is 0 Å². The molecule has 0 spiro atoms. The molecule has 84 valence electrons. The molecule has 0 amide bonds. The van der Waals surface area contributed by atoms with Crippen LogP contribution in [0.25, 0.3) is 0 Å². The van der Waals surface area contributed by atoms with Gasteiger partial charge in [0.1, 0.15) is 0 Å². The second-order valence-electron chi connectivity index (χ2n) is 6.02. The van der Waals surface area contributed by atoms with Gasteiger partial charge < -0.3 is 0 Å². The third kappa shape index (κ3) is 1.20. The largest absolute Gasteiger partial charge is 0.294 e. The molecular weight excluding hydrogens is 196 g/mol. The van der Waals surface area contributed by atoms with Crippen LogP contribution in [0.2, 0.25) is 0 Å². The van der Waals surface area contributed by atoms with Crippen LogP contribution in [-0.4, -0.2) is 5.78 Å². The van der Waals surface area contributed by atoms with E-state index in [1.54, 1.807) is 0 Å². The summed E-state index contributed by atoms with van der Waals surface area (Å²) in [6, 6.07) is 6.53. The fraction of sp³-hybridized carbons (Fsp3) is 0.533. The zero-order chi connectivity index (χ0) is 11.5. The van der Waals surface area contributed by atoms with Crippen molar-refractivity contribution < 1.29 is 4.79 Å². The van der Waals surface area contributed by atoms with Gasteiger partial charge in [-0.3, -0.25) is 4.79 Å². The minimum absolute atomic E-state index is 0.0290. The molecule has 1 aromatic carbocycles. The maximum atomic E-state index is 12.2. The zero-order valence-electron chi connectivity index (χ0n) is 10.2. The summed E-state index contributed by atoms with van der Waals surface area (Å²) in [4.78, 5) is 12.2. The Morgan fingerprint density at radius 2 is 2.19 bits per heavy atom. The Morgan fingerprint density at radius 3 is 2.88 bits per heavy atom. The van der Waals surface area contributed by atoms with Crippen LogP contribution in [0.1, 0.15) is 54.6 Å². The Balaban J connectivity index is 1.99. The van der Waals surface area contributed by atoms with Crippen LogP contribution in [-0.2, 0) is 6.42 Å². The van der Waals surface area contributed by atoms with E-state index < -0.39 is 0 Å². The number of carbonyl (C=O) groups is 1. The molecular formula is C15H18O. The third-order valence-corrected chi connectivity index (χ3v) is 4.14. The van der Waals surface area contributed by atoms with E-state index in [0.29, 0.717) is 17.6 Å². The van der Waals surface area contributed by atoms with Gasteiger partial charge in [-0.25, -0.2) is 0 Å². The second-order valence-corrected chi connectivity index (χ2v) is 6.02. The topological polar surface area (TPSA) is 17.1 Å². The molecule has 2 aliphatic carbocycles. The van der Waals surface area contributed by atoms with Gasteiger partial charge in [-0.15, -0.1) is 0 Å². The zero-order valence-corrected chi connectivity index (χ0v) is 10.2. The van der Waals surface area contributed by atoms with Crippen molar-refractivity contribution >= 4 is 5.78 Å². The van der Waals surface area contributed by atoms with E-state index in [4.69, 9.17) is 0 Å². The van der Waals surface area contributed by atoms with Crippen LogP contribution in [0.5, 0.6) is 0 Å². The summed E-state index contributed by atoms with van der Waals surface area (Å²) in [6.45, 7) is 6.55. The maximum Gasteiger partial charge on any atom is 0.169 e. The van der Waals surface area contributed by atoms with Crippen LogP contribution in [0.15, 0.2) is 18.2 Å². The molecule has 0 heterocycles. The molecule has 1 aromatic rings. The molecule has 2 unspecified atom stereocenters. The van der Waals surface area contributed by atoms with Crippen molar-refractivity contribution in [2.45, 2.75) is 39.5 Å². The fourth-order valence-corrected chi connectivity index (χ4v) is 3.08. The molecule has 1 saturated carbocycles. The van der Waals surface area contributed by atoms with E-state index in [0.717, 1.165) is 18.4 Å². The highest BCUT2D eigenvalue weighted by molar-refractivity contribution is 6.08. The van der Waals surface area contributed by atoms with E-state index in [2.05, 4.69) is 39.0 Å². The van der Waals surface area contributed by atoms with Gasteiger partial charge in [-0.2, -0.15) is 0 Å². The quantitative estimate of drug-likeness (QED) is 0.735. The lowest BCUT2D eigenvalue weighted by atomic mass is 9.96. The number of ketones is 1. The summed E-state index contributed by atoms with van der Waals surface area (Å²) in [5, 5.41) is 0. The monoisotopic (exact) mass is 214 g/mol. The van der Waals surface area contributed by atoms with Crippen LogP contribution in [0.4, 0.5) is 0 Å². The third-order valence-electron chi connectivity index (χ3n) is 4.14. The number of hydrogen-bond donors (Lipinski definition) is 0. The molecule has 0 saturated heterocycles. The van der Waals surface area contributed by atoms with Gasteiger partial charge in [0, 0.05) is 11.0 Å². The summed E-state index contributed by atoms with van der Waals surface area (Å²) in [6.07, 6.45) is 2.14. The molecule has 1 nitrogen and oxygen atoms in total. The maximum absolute atomic E-state index is 12.2. The summed E-state index contributed by atoms with van der Waals surface area (Å²) >= 11 is 0. The Morgan fingerprint density at radius 1 is 1.44 bits per heavy atom. The summed E-state index contributed by atoms with van der Waals surface area (Å²) < 4.78 is 0. The van der Waals surface area contributed by atoms with Gasteiger partial charge in [0.25, 0.3) is 0 Å². The molecule has 0 bridgehead atoms. The molecule has 0 N–H and O–H groups in total. The summed E-state index contributed by atoms with van der Waals surface area (Å²) in [5.74, 6) is 1.57. The molecule has 0 radical (unpaired) electrons. The standard InChI is InChI=1S/C15H18O/c1-9(2)6-10-4-5-11-12(7-10)14(16)15(3)8-13(11)15/h4-5,7,9,13H,6,8H2,1-3H3. The number of hydrogen-bond acceptors (Lipinski definition) is 1. The number of rotatable bonds is 2. The average Bonchev–Trinajstić information content (AvgIpc) is 2.85.